The van der Waals surface area contributed by atoms with Gasteiger partial charge in [-0.15, -0.1) is 0 Å². The topological polar surface area (TPSA) is 231 Å². The molecule has 5 N–H and O–H groups in total. The number of nitrogens with one attached hydrogen (secondary N) is 2. The van der Waals surface area contributed by atoms with E-state index in [0.29, 0.717) is 32.5 Å². The lowest BCUT2D eigenvalue weighted by Gasteiger charge is -2.24. The molecular weight excluding hydrogens is 576 g/mol. The average molecular weight is 621 g/mol. The van der Waals surface area contributed by atoms with Crippen molar-refractivity contribution in [2.75, 3.05) is 92.1 Å². The molecule has 2 amide bonds. The Bertz CT molecular complexity index is 856. The van der Waals surface area contributed by atoms with Gasteiger partial charge in [-0.2, -0.15) is 0 Å². The molecule has 17 nitrogen and oxygen atoms in total. The van der Waals surface area contributed by atoms with Gasteiger partial charge in [-0.3, -0.25) is 24.2 Å². The highest BCUT2D eigenvalue weighted by Gasteiger charge is 2.23. The van der Waals surface area contributed by atoms with Crippen molar-refractivity contribution in [3.05, 3.63) is 0 Å². The molecule has 0 aromatic carbocycles. The zero-order valence-electron chi connectivity index (χ0n) is 24.3. The van der Waals surface area contributed by atoms with Crippen LogP contribution in [0.1, 0.15) is 25.7 Å². The third kappa shape index (κ3) is 19.6. The molecule has 0 bridgehead atoms. The molecule has 1 aliphatic rings. The Labute approximate surface area is 249 Å². The van der Waals surface area contributed by atoms with Crippen LogP contribution in [0, 0.1) is 0 Å². The Balaban J connectivity index is 2.57. The summed E-state index contributed by atoms with van der Waals surface area (Å²) < 4.78 is 22.4. The van der Waals surface area contributed by atoms with Crippen molar-refractivity contribution in [1.29, 1.82) is 0 Å². The van der Waals surface area contributed by atoms with Crippen molar-refractivity contribution in [2.24, 2.45) is 0 Å². The molecule has 2 unspecified atom stereocenters. The molecule has 1 fully saturated rings. The van der Waals surface area contributed by atoms with E-state index >= 15 is 0 Å². The number of ether oxygens (including phenoxy) is 4. The van der Waals surface area contributed by atoms with E-state index in [1.54, 1.807) is 9.80 Å². The van der Waals surface area contributed by atoms with Gasteiger partial charge in [-0.05, 0) is 12.8 Å². The van der Waals surface area contributed by atoms with E-state index in [9.17, 15) is 39.0 Å². The number of carboxylic acid groups (broad SMARTS) is 3. The fourth-order valence-corrected chi connectivity index (χ4v) is 3.86. The van der Waals surface area contributed by atoms with Crippen molar-refractivity contribution < 1.29 is 63.0 Å². The molecule has 0 aromatic heterocycles. The summed E-state index contributed by atoms with van der Waals surface area (Å²) in [6.07, 6.45) is -0.00953. The van der Waals surface area contributed by atoms with Gasteiger partial charge in [0.15, 0.2) is 0 Å². The van der Waals surface area contributed by atoms with E-state index in [0.717, 1.165) is 0 Å². The third-order valence-electron chi connectivity index (χ3n) is 6.17. The zero-order valence-corrected chi connectivity index (χ0v) is 24.3. The molecule has 0 saturated carbocycles. The summed E-state index contributed by atoms with van der Waals surface area (Å²) in [7, 11) is 0. The van der Waals surface area contributed by atoms with Crippen LogP contribution in [0.2, 0.25) is 0 Å². The Morgan fingerprint density at radius 2 is 1.00 bits per heavy atom. The maximum absolute atomic E-state index is 12.5. The molecular formula is C26H44N4O13. The molecule has 17 heteroatoms. The van der Waals surface area contributed by atoms with E-state index in [1.165, 1.54) is 0 Å². The number of aldehydes is 1. The van der Waals surface area contributed by atoms with E-state index < -0.39 is 48.2 Å². The number of carboxylic acids is 3. The number of hydrogen-bond acceptors (Lipinski definition) is 12. The second-order valence-corrected chi connectivity index (χ2v) is 9.59. The van der Waals surface area contributed by atoms with Crippen LogP contribution in [-0.2, 0) is 47.7 Å². The summed E-state index contributed by atoms with van der Waals surface area (Å²) in [6.45, 7) is 3.28. The number of hydrogen-bond donors (Lipinski definition) is 5. The molecule has 1 aliphatic heterocycles. The first-order valence-corrected chi connectivity index (χ1v) is 14.1. The van der Waals surface area contributed by atoms with Gasteiger partial charge in [0.2, 0.25) is 11.8 Å². The SMILES string of the molecule is O=CCCC(NC(=O)CN1CCOCCOCCN(CC(=O)NC(CCC(=O)O)C(=O)O)CCOCCOCC1)C(=O)O. The van der Waals surface area contributed by atoms with Crippen LogP contribution in [0.15, 0.2) is 0 Å². The van der Waals surface area contributed by atoms with Crippen molar-refractivity contribution in [1.82, 2.24) is 20.4 Å². The number of rotatable bonds is 14. The Morgan fingerprint density at radius 1 is 0.628 bits per heavy atom. The Hall–Kier alpha value is -3.22. The van der Waals surface area contributed by atoms with Gasteiger partial charge in [0.05, 0.1) is 65.9 Å². The first kappa shape index (κ1) is 37.8. The number of amides is 2. The number of nitrogens with zero attached hydrogens (tertiary/aromatic N) is 2. The minimum atomic E-state index is -1.31. The minimum absolute atomic E-state index is 0.00153. The van der Waals surface area contributed by atoms with E-state index in [4.69, 9.17) is 24.1 Å². The largest absolute Gasteiger partial charge is 0.481 e. The van der Waals surface area contributed by atoms with Gasteiger partial charge in [0.25, 0.3) is 0 Å². The van der Waals surface area contributed by atoms with Gasteiger partial charge in [0, 0.05) is 39.0 Å². The van der Waals surface area contributed by atoms with Crippen molar-refractivity contribution in [3.8, 4) is 0 Å². The second-order valence-electron chi connectivity index (χ2n) is 9.59. The van der Waals surface area contributed by atoms with Gasteiger partial charge < -0.3 is 49.7 Å². The molecule has 0 aliphatic carbocycles. The van der Waals surface area contributed by atoms with Gasteiger partial charge in [-0.25, -0.2) is 9.59 Å². The fourth-order valence-electron chi connectivity index (χ4n) is 3.86. The van der Waals surface area contributed by atoms with E-state index in [-0.39, 0.29) is 85.2 Å². The van der Waals surface area contributed by atoms with Crippen LogP contribution >= 0.6 is 0 Å². The molecule has 246 valence electrons. The Kier molecular flexibility index (Phi) is 20.5. The molecule has 0 radical (unpaired) electrons. The predicted molar refractivity (Wildman–Crippen MR) is 147 cm³/mol. The molecule has 1 heterocycles. The first-order valence-electron chi connectivity index (χ1n) is 14.1. The summed E-state index contributed by atoms with van der Waals surface area (Å²) in [5.74, 6) is -4.75. The monoisotopic (exact) mass is 620 g/mol. The van der Waals surface area contributed by atoms with Crippen LogP contribution in [0.3, 0.4) is 0 Å². The lowest BCUT2D eigenvalue weighted by Crippen LogP contribution is -2.47. The zero-order chi connectivity index (χ0) is 31.9. The smallest absolute Gasteiger partial charge is 0.326 e. The molecule has 0 spiro atoms. The lowest BCUT2D eigenvalue weighted by atomic mass is 10.1. The van der Waals surface area contributed by atoms with Gasteiger partial charge in [-0.1, -0.05) is 0 Å². The Morgan fingerprint density at radius 3 is 1.33 bits per heavy atom. The van der Waals surface area contributed by atoms with Crippen molar-refractivity contribution in [2.45, 2.75) is 37.8 Å². The highest BCUT2D eigenvalue weighted by molar-refractivity contribution is 5.85. The van der Waals surface area contributed by atoms with Gasteiger partial charge >= 0.3 is 17.9 Å². The standard InChI is InChI=1S/C26H44N4O13/c31-9-1-2-20(25(36)37)27-22(32)18-29-5-10-40-14-16-42-12-7-30(8-13-43-17-15-41-11-6-29)19-23(33)28-21(26(38)39)3-4-24(34)35/h9,20-21H,1-8,10-19H2,(H,27,32)(H,28,33)(H,34,35)(H,36,37)(H,38,39). The third-order valence-corrected chi connectivity index (χ3v) is 6.17. The summed E-state index contributed by atoms with van der Waals surface area (Å²) in [5.41, 5.74) is 0. The number of carbonyl (C=O) groups excluding carboxylic acids is 3. The van der Waals surface area contributed by atoms with Crippen LogP contribution in [0.5, 0.6) is 0 Å². The second kappa shape index (κ2) is 23.3. The molecule has 1 saturated heterocycles. The van der Waals surface area contributed by atoms with Gasteiger partial charge in [0.1, 0.15) is 18.4 Å². The summed E-state index contributed by atoms with van der Waals surface area (Å²) in [5, 5.41) is 32.1. The summed E-state index contributed by atoms with van der Waals surface area (Å²) >= 11 is 0. The molecule has 1 rings (SSSR count). The minimum Gasteiger partial charge on any atom is -0.481 e. The predicted octanol–water partition coefficient (Wildman–Crippen LogP) is -2.35. The maximum Gasteiger partial charge on any atom is 0.326 e. The van der Waals surface area contributed by atoms with Crippen LogP contribution in [-0.4, -0.2) is 165 Å². The lowest BCUT2D eigenvalue weighted by molar-refractivity contribution is -0.143. The molecule has 0 aromatic rings. The van der Waals surface area contributed by atoms with E-state index in [1.807, 2.05) is 0 Å². The van der Waals surface area contributed by atoms with Crippen LogP contribution in [0.25, 0.3) is 0 Å². The first-order chi connectivity index (χ1) is 20.6. The number of aliphatic carboxylic acids is 3. The normalized spacial score (nSPS) is 18.7. The van der Waals surface area contributed by atoms with Crippen LogP contribution < -0.4 is 10.6 Å². The molecule has 43 heavy (non-hydrogen) atoms. The average Bonchev–Trinajstić information content (AvgIpc) is 2.94. The number of carbonyl (C=O) groups is 6. The summed E-state index contributed by atoms with van der Waals surface area (Å²) in [6, 6.07) is -2.47. The summed E-state index contributed by atoms with van der Waals surface area (Å²) in [4.78, 5) is 72.5. The van der Waals surface area contributed by atoms with Crippen LogP contribution in [0.4, 0.5) is 0 Å². The maximum atomic E-state index is 12.5. The van der Waals surface area contributed by atoms with E-state index in [2.05, 4.69) is 10.6 Å². The van der Waals surface area contributed by atoms with Crippen molar-refractivity contribution >= 4 is 36.0 Å². The quantitative estimate of drug-likeness (QED) is 0.128. The molecule has 2 atom stereocenters. The highest BCUT2D eigenvalue weighted by Crippen LogP contribution is 2.00. The highest BCUT2D eigenvalue weighted by atomic mass is 16.5. The van der Waals surface area contributed by atoms with Crippen molar-refractivity contribution in [3.63, 3.8) is 0 Å². The fraction of sp³-hybridized carbons (Fsp3) is 0.769.